The van der Waals surface area contributed by atoms with Gasteiger partial charge in [0.05, 0.1) is 5.56 Å². The summed E-state index contributed by atoms with van der Waals surface area (Å²) in [7, 11) is -2.44. The molecule has 0 amide bonds. The summed E-state index contributed by atoms with van der Waals surface area (Å²) in [5.74, 6) is -1.19. The Bertz CT molecular complexity index is 445. The molecule has 0 fully saturated rings. The Balaban J connectivity index is 3.35. The van der Waals surface area contributed by atoms with Gasteiger partial charge in [-0.05, 0) is 6.07 Å². The van der Waals surface area contributed by atoms with E-state index in [0.717, 1.165) is 10.6 Å². The van der Waals surface area contributed by atoms with Crippen molar-refractivity contribution < 1.29 is 18.3 Å². The number of aromatic nitrogens is 1. The van der Waals surface area contributed by atoms with Crippen LogP contribution in [0.5, 0.6) is 0 Å². The number of hydrogen-bond donors (Lipinski definition) is 2. The highest BCUT2D eigenvalue weighted by molar-refractivity contribution is 7.89. The Morgan fingerprint density at radius 1 is 1.62 bits per heavy atom. The van der Waals surface area contributed by atoms with E-state index in [0.29, 0.717) is 0 Å². The molecule has 0 aromatic carbocycles. The zero-order valence-electron chi connectivity index (χ0n) is 6.76. The topological polar surface area (TPSA) is 102 Å². The Morgan fingerprint density at radius 3 is 2.38 bits per heavy atom. The Kier molecular flexibility index (Phi) is 2.14. The molecule has 0 aliphatic rings. The molecule has 13 heavy (non-hydrogen) atoms. The van der Waals surface area contributed by atoms with Gasteiger partial charge in [-0.15, -0.1) is 0 Å². The normalized spacial score (nSPS) is 11.5. The zero-order valence-corrected chi connectivity index (χ0v) is 7.58. The van der Waals surface area contributed by atoms with Gasteiger partial charge >= 0.3 is 5.97 Å². The highest BCUT2D eigenvalue weighted by atomic mass is 32.2. The number of primary sulfonamides is 1. The lowest BCUT2D eigenvalue weighted by Crippen LogP contribution is -2.15. The molecule has 0 saturated carbocycles. The average molecular weight is 204 g/mol. The van der Waals surface area contributed by atoms with Gasteiger partial charge in [0.25, 0.3) is 10.0 Å². The summed E-state index contributed by atoms with van der Waals surface area (Å²) in [5, 5.41) is 13.2. The molecule has 1 rings (SSSR count). The van der Waals surface area contributed by atoms with Crippen molar-refractivity contribution in [3.05, 3.63) is 17.8 Å². The second kappa shape index (κ2) is 2.86. The maximum atomic E-state index is 10.9. The molecule has 7 heteroatoms. The minimum atomic E-state index is -3.85. The van der Waals surface area contributed by atoms with Crippen LogP contribution in [0.4, 0.5) is 0 Å². The SMILES string of the molecule is Cn1cc(C(=O)O)cc1S(N)(=O)=O. The highest BCUT2D eigenvalue weighted by Gasteiger charge is 2.16. The summed E-state index contributed by atoms with van der Waals surface area (Å²) >= 11 is 0. The summed E-state index contributed by atoms with van der Waals surface area (Å²) in [4.78, 5) is 10.4. The summed E-state index contributed by atoms with van der Waals surface area (Å²) in [6.45, 7) is 0. The maximum Gasteiger partial charge on any atom is 0.337 e. The number of aryl methyl sites for hydroxylation is 1. The molecule has 0 unspecified atom stereocenters. The zero-order chi connectivity index (χ0) is 10.2. The first-order valence-electron chi connectivity index (χ1n) is 3.25. The van der Waals surface area contributed by atoms with E-state index in [4.69, 9.17) is 10.2 Å². The summed E-state index contributed by atoms with van der Waals surface area (Å²) in [6.07, 6.45) is 1.18. The summed E-state index contributed by atoms with van der Waals surface area (Å²) in [6, 6.07) is 1.01. The molecule has 6 nitrogen and oxygen atoms in total. The third-order valence-electron chi connectivity index (χ3n) is 1.50. The lowest BCUT2D eigenvalue weighted by atomic mass is 10.4. The smallest absolute Gasteiger partial charge is 0.337 e. The molecular weight excluding hydrogens is 196 g/mol. The monoisotopic (exact) mass is 204 g/mol. The van der Waals surface area contributed by atoms with Gasteiger partial charge in [-0.1, -0.05) is 0 Å². The molecule has 3 N–H and O–H groups in total. The predicted octanol–water partition coefficient (Wildman–Crippen LogP) is -0.629. The maximum absolute atomic E-state index is 10.9. The number of carbonyl (C=O) groups is 1. The van der Waals surface area contributed by atoms with E-state index in [1.807, 2.05) is 0 Å². The molecule has 0 bridgehead atoms. The molecule has 1 aromatic rings. The van der Waals surface area contributed by atoms with Crippen molar-refractivity contribution in [1.29, 1.82) is 0 Å². The van der Waals surface area contributed by atoms with Crippen LogP contribution in [0.1, 0.15) is 10.4 Å². The van der Waals surface area contributed by atoms with Crippen LogP contribution in [0.2, 0.25) is 0 Å². The number of nitrogens with zero attached hydrogens (tertiary/aromatic N) is 1. The van der Waals surface area contributed by atoms with Crippen LogP contribution in [-0.2, 0) is 17.1 Å². The second-order valence-corrected chi connectivity index (χ2v) is 4.04. The summed E-state index contributed by atoms with van der Waals surface area (Å²) in [5.41, 5.74) is -0.105. The van der Waals surface area contributed by atoms with Crippen LogP contribution in [0.15, 0.2) is 17.3 Å². The predicted molar refractivity (Wildman–Crippen MR) is 43.7 cm³/mol. The fourth-order valence-electron chi connectivity index (χ4n) is 0.944. The van der Waals surface area contributed by atoms with Gasteiger partial charge in [0.1, 0.15) is 0 Å². The summed E-state index contributed by atoms with van der Waals surface area (Å²) < 4.78 is 22.9. The number of carboxylic acid groups (broad SMARTS) is 1. The van der Waals surface area contributed by atoms with E-state index in [1.54, 1.807) is 0 Å². The number of hydrogen-bond acceptors (Lipinski definition) is 3. The van der Waals surface area contributed by atoms with Crippen molar-refractivity contribution in [1.82, 2.24) is 4.57 Å². The van der Waals surface area contributed by atoms with Gasteiger partial charge in [0, 0.05) is 13.2 Å². The Labute approximate surface area is 74.6 Å². The van der Waals surface area contributed by atoms with Crippen LogP contribution in [0.3, 0.4) is 0 Å². The van der Waals surface area contributed by atoms with Crippen LogP contribution < -0.4 is 5.14 Å². The molecule has 0 radical (unpaired) electrons. The molecule has 0 saturated heterocycles. The molecule has 0 aliphatic carbocycles. The molecule has 1 aromatic heterocycles. The molecule has 0 aliphatic heterocycles. The van der Waals surface area contributed by atoms with E-state index >= 15 is 0 Å². The number of rotatable bonds is 2. The number of carboxylic acids is 1. The quantitative estimate of drug-likeness (QED) is 0.669. The van der Waals surface area contributed by atoms with E-state index in [1.165, 1.54) is 13.2 Å². The molecule has 72 valence electrons. The van der Waals surface area contributed by atoms with Crippen molar-refractivity contribution in [2.24, 2.45) is 12.2 Å². The first-order valence-corrected chi connectivity index (χ1v) is 4.79. The van der Waals surface area contributed by atoms with E-state index in [9.17, 15) is 13.2 Å². The fourth-order valence-corrected chi connectivity index (χ4v) is 1.69. The average Bonchev–Trinajstić information content (AvgIpc) is 2.29. The minimum absolute atomic E-state index is 0.105. The van der Waals surface area contributed by atoms with Gasteiger partial charge in [0.2, 0.25) is 0 Å². The molecule has 0 spiro atoms. The minimum Gasteiger partial charge on any atom is -0.478 e. The van der Waals surface area contributed by atoms with Crippen molar-refractivity contribution in [2.75, 3.05) is 0 Å². The van der Waals surface area contributed by atoms with E-state index in [2.05, 4.69) is 0 Å². The van der Waals surface area contributed by atoms with Gasteiger partial charge in [-0.3, -0.25) is 0 Å². The number of sulfonamides is 1. The van der Waals surface area contributed by atoms with Gasteiger partial charge < -0.3 is 9.67 Å². The first kappa shape index (κ1) is 9.75. The highest BCUT2D eigenvalue weighted by Crippen LogP contribution is 2.11. The van der Waals surface area contributed by atoms with Crippen molar-refractivity contribution in [2.45, 2.75) is 5.03 Å². The molecular formula is C6H8N2O4S. The van der Waals surface area contributed by atoms with Gasteiger partial charge in [-0.2, -0.15) is 0 Å². The standard InChI is InChI=1S/C6H8N2O4S/c1-8-3-4(6(9)10)2-5(8)13(7,11)12/h2-3H,1H3,(H,9,10)(H2,7,11,12). The van der Waals surface area contributed by atoms with Crippen molar-refractivity contribution in [3.8, 4) is 0 Å². The lowest BCUT2D eigenvalue weighted by molar-refractivity contribution is 0.0697. The van der Waals surface area contributed by atoms with E-state index < -0.39 is 16.0 Å². The second-order valence-electron chi connectivity index (χ2n) is 2.53. The lowest BCUT2D eigenvalue weighted by Gasteiger charge is -1.97. The molecule has 1 heterocycles. The van der Waals surface area contributed by atoms with Crippen molar-refractivity contribution in [3.63, 3.8) is 0 Å². The van der Waals surface area contributed by atoms with Crippen LogP contribution in [0.25, 0.3) is 0 Å². The van der Waals surface area contributed by atoms with Crippen LogP contribution in [-0.4, -0.2) is 24.1 Å². The van der Waals surface area contributed by atoms with Crippen LogP contribution in [0, 0.1) is 0 Å². The third-order valence-corrected chi connectivity index (χ3v) is 2.49. The third kappa shape index (κ3) is 1.87. The van der Waals surface area contributed by atoms with Crippen molar-refractivity contribution >= 4 is 16.0 Å². The fraction of sp³-hybridized carbons (Fsp3) is 0.167. The molecule has 0 atom stereocenters. The van der Waals surface area contributed by atoms with Gasteiger partial charge in [0.15, 0.2) is 5.03 Å². The Morgan fingerprint density at radius 2 is 2.15 bits per heavy atom. The number of nitrogens with two attached hydrogens (primary N) is 1. The first-order chi connectivity index (χ1) is 5.82. The van der Waals surface area contributed by atoms with E-state index in [-0.39, 0.29) is 10.6 Å². The van der Waals surface area contributed by atoms with Crippen LogP contribution >= 0.6 is 0 Å². The van der Waals surface area contributed by atoms with Gasteiger partial charge in [-0.25, -0.2) is 18.4 Å². The largest absolute Gasteiger partial charge is 0.478 e. The number of aromatic carboxylic acids is 1. The Hall–Kier alpha value is -1.34.